The predicted molar refractivity (Wildman–Crippen MR) is 311 cm³/mol. The van der Waals surface area contributed by atoms with Crippen LogP contribution in [0.2, 0.25) is 0 Å². The van der Waals surface area contributed by atoms with Crippen molar-refractivity contribution in [3.8, 4) is 0 Å². The fraction of sp³-hybridized carbons (Fsp3) is 1.00. The highest BCUT2D eigenvalue weighted by Gasteiger charge is 2.56. The molecule has 0 bridgehead atoms. The Morgan fingerprint density at radius 2 is 0.584 bits per heavy atom. The molecule has 0 aliphatic rings. The lowest BCUT2D eigenvalue weighted by Crippen LogP contribution is -2.66. The first-order valence-corrected chi connectivity index (χ1v) is 31.6. The Kier molecular flexibility index (Phi) is 48.5. The van der Waals surface area contributed by atoms with E-state index in [1.807, 2.05) is 13.8 Å². The van der Waals surface area contributed by atoms with Crippen molar-refractivity contribution >= 4 is 0 Å². The van der Waals surface area contributed by atoms with Gasteiger partial charge in [0.05, 0.1) is 31.0 Å². The molecule has 0 aromatic carbocycles. The maximum absolute atomic E-state index is 13.2. The molecular formula is C62H126O15. The zero-order chi connectivity index (χ0) is 57.6. The van der Waals surface area contributed by atoms with E-state index >= 15 is 0 Å². The van der Waals surface area contributed by atoms with Crippen molar-refractivity contribution < 1.29 is 72.2 Å². The summed E-state index contributed by atoms with van der Waals surface area (Å²) >= 11 is 0. The van der Waals surface area contributed by atoms with Gasteiger partial charge >= 0.3 is 0 Å². The van der Waals surface area contributed by atoms with Crippen molar-refractivity contribution in [2.24, 2.45) is 0 Å². The van der Waals surface area contributed by atoms with Crippen LogP contribution in [0.3, 0.4) is 0 Å². The molecule has 15 nitrogen and oxygen atoms in total. The fourth-order valence-corrected chi connectivity index (χ4v) is 8.88. The molecule has 0 rings (SSSR count). The lowest BCUT2D eigenvalue weighted by Gasteiger charge is -2.49. The van der Waals surface area contributed by atoms with Crippen molar-refractivity contribution in [3.05, 3.63) is 0 Å². The summed E-state index contributed by atoms with van der Waals surface area (Å²) in [5, 5.41) is 37.6. The van der Waals surface area contributed by atoms with Gasteiger partial charge in [-0.1, -0.05) is 133 Å². The zero-order valence-corrected chi connectivity index (χ0v) is 52.4. The van der Waals surface area contributed by atoms with E-state index in [1.54, 1.807) is 13.8 Å². The molecule has 6 unspecified atom stereocenters. The number of unbranched alkanes of at least 4 members (excludes halogenated alkanes) is 10. The molecule has 77 heavy (non-hydrogen) atoms. The highest BCUT2D eigenvalue weighted by Crippen LogP contribution is 2.38. The molecule has 3 N–H and O–H groups in total. The van der Waals surface area contributed by atoms with E-state index in [4.69, 9.17) is 56.8 Å². The molecule has 0 aliphatic heterocycles. The number of aliphatic hydroxyl groups is 3. The van der Waals surface area contributed by atoms with Crippen LogP contribution in [0.5, 0.6) is 0 Å². The van der Waals surface area contributed by atoms with Crippen LogP contribution in [-0.4, -0.2) is 173 Å². The van der Waals surface area contributed by atoms with Crippen LogP contribution < -0.4 is 0 Å². The molecule has 0 saturated carbocycles. The maximum Gasteiger partial charge on any atom is 0.187 e. The van der Waals surface area contributed by atoms with Crippen LogP contribution in [0.1, 0.15) is 245 Å². The highest BCUT2D eigenvalue weighted by molar-refractivity contribution is 5.00. The monoisotopic (exact) mass is 1110 g/mol. The van der Waals surface area contributed by atoms with Gasteiger partial charge in [-0.25, -0.2) is 0 Å². The predicted octanol–water partition coefficient (Wildman–Crippen LogP) is 12.9. The minimum atomic E-state index is -1.80. The van der Waals surface area contributed by atoms with Crippen LogP contribution in [0.4, 0.5) is 0 Å². The summed E-state index contributed by atoms with van der Waals surface area (Å²) in [5.74, 6) is 0. The summed E-state index contributed by atoms with van der Waals surface area (Å²) in [7, 11) is 0. The van der Waals surface area contributed by atoms with Gasteiger partial charge in [0, 0.05) is 79.3 Å². The summed E-state index contributed by atoms with van der Waals surface area (Å²) in [5.41, 5.74) is -4.45. The number of rotatable bonds is 59. The summed E-state index contributed by atoms with van der Waals surface area (Å²) in [6.07, 6.45) is 10.3. The molecule has 0 heterocycles. The molecule has 0 saturated heterocycles. The van der Waals surface area contributed by atoms with Crippen molar-refractivity contribution in [1.82, 2.24) is 0 Å². The normalized spacial score (nSPS) is 18.2. The van der Waals surface area contributed by atoms with E-state index in [-0.39, 0.29) is 13.0 Å². The third-order valence-corrected chi connectivity index (χ3v) is 14.6. The Morgan fingerprint density at radius 1 is 0.299 bits per heavy atom. The second-order valence-corrected chi connectivity index (χ2v) is 21.8. The van der Waals surface area contributed by atoms with Gasteiger partial charge in [-0.2, -0.15) is 0 Å². The van der Waals surface area contributed by atoms with Gasteiger partial charge in [-0.3, -0.25) is 0 Å². The minimum absolute atomic E-state index is 0.00689. The molecule has 0 radical (unpaired) electrons. The second kappa shape index (κ2) is 48.9. The Bertz CT molecular complexity index is 1270. The van der Waals surface area contributed by atoms with Crippen molar-refractivity contribution in [2.75, 3.05) is 85.9 Å². The number of ether oxygens (including phenoxy) is 12. The quantitative estimate of drug-likeness (QED) is 0.0388. The molecule has 0 aromatic rings. The molecule has 0 amide bonds. The van der Waals surface area contributed by atoms with E-state index in [9.17, 15) is 15.3 Å². The topological polar surface area (TPSA) is 171 Å². The van der Waals surface area contributed by atoms with Crippen LogP contribution >= 0.6 is 0 Å². The Labute approximate surface area is 473 Å². The second-order valence-electron chi connectivity index (χ2n) is 21.8. The highest BCUT2D eigenvalue weighted by atomic mass is 16.7. The first-order chi connectivity index (χ1) is 37.2. The summed E-state index contributed by atoms with van der Waals surface area (Å²) in [6.45, 7) is 33.9. The fourth-order valence-electron chi connectivity index (χ4n) is 8.88. The third kappa shape index (κ3) is 31.0. The van der Waals surface area contributed by atoms with Crippen molar-refractivity contribution in [1.29, 1.82) is 0 Å². The summed E-state index contributed by atoms with van der Waals surface area (Å²) in [6, 6.07) is 0. The number of aliphatic hydroxyl groups excluding tert-OH is 3. The van der Waals surface area contributed by atoms with Crippen molar-refractivity contribution in [2.45, 2.75) is 317 Å². The van der Waals surface area contributed by atoms with E-state index in [0.29, 0.717) is 92.1 Å². The zero-order valence-electron chi connectivity index (χ0n) is 52.4. The standard InChI is InChI=1S/C62H126O15/c1-15-25-38-66-48-35-52(68-40-27-17-3)56(72-44-31-21-7)61(13,76-47-34-24-10)59(65)77-62(14,57(73-45-32-22-8)53(69-41-28-18-4)36-49-67-39-26-16-2)58(64)74-50-37-54(70-42-29-19-5)55(71-43-30-20-6)60(12,51(11)63)75-46-33-23-9/h51-59,63-65H,15-50H2,1-14H3/t51-,52-,53-,54-,55?,56?,57?,58-,59-,60?,61?,62?/m1/s1. The molecule has 0 aromatic heterocycles. The van der Waals surface area contributed by atoms with Crippen LogP contribution in [0.25, 0.3) is 0 Å². The molecule has 0 fully saturated rings. The first-order valence-electron chi connectivity index (χ1n) is 31.6. The average Bonchev–Trinajstić information content (AvgIpc) is 3.41. The molecular weight excluding hydrogens is 985 g/mol. The average molecular weight is 1110 g/mol. The molecule has 0 spiro atoms. The van der Waals surface area contributed by atoms with Gasteiger partial charge < -0.3 is 72.2 Å². The Morgan fingerprint density at radius 3 is 0.935 bits per heavy atom. The van der Waals surface area contributed by atoms with Gasteiger partial charge in [0.15, 0.2) is 12.6 Å². The van der Waals surface area contributed by atoms with Crippen LogP contribution in [0, 0.1) is 0 Å². The largest absolute Gasteiger partial charge is 0.390 e. The molecule has 464 valence electrons. The SMILES string of the molecule is CCCCOCC[C@@H](OCCCC)C(OCCCC)C(C)(OCCCC)[C@H](O)OC(C)(C(OCCCC)[C@@H](CCOCCCC)OCCCC)[C@H](O)OCC[C@@H](OCCCC)C(OCCCC)C(C)(OCCCC)[C@@H](C)O. The van der Waals surface area contributed by atoms with E-state index in [1.165, 1.54) is 0 Å². The summed E-state index contributed by atoms with van der Waals surface area (Å²) < 4.78 is 80.4. The Hall–Kier alpha value is -0.600. The molecule has 12 atom stereocenters. The van der Waals surface area contributed by atoms with Gasteiger partial charge in [-0.15, -0.1) is 0 Å². The minimum Gasteiger partial charge on any atom is -0.390 e. The number of hydrogen-bond acceptors (Lipinski definition) is 15. The Balaban J connectivity index is 8.16. The van der Waals surface area contributed by atoms with Gasteiger partial charge in [0.2, 0.25) is 0 Å². The lowest BCUT2D eigenvalue weighted by molar-refractivity contribution is -0.361. The lowest BCUT2D eigenvalue weighted by atomic mass is 9.87. The van der Waals surface area contributed by atoms with Gasteiger partial charge in [0.1, 0.15) is 35.1 Å². The first kappa shape index (κ1) is 76.4. The number of hydrogen-bond donors (Lipinski definition) is 3. The van der Waals surface area contributed by atoms with E-state index in [2.05, 4.69) is 69.2 Å². The van der Waals surface area contributed by atoms with E-state index < -0.39 is 72.1 Å². The molecule has 15 heteroatoms. The van der Waals surface area contributed by atoms with Gasteiger partial charge in [0.25, 0.3) is 0 Å². The smallest absolute Gasteiger partial charge is 0.187 e. The van der Waals surface area contributed by atoms with Crippen LogP contribution in [-0.2, 0) is 56.8 Å². The molecule has 0 aliphatic carbocycles. The summed E-state index contributed by atoms with van der Waals surface area (Å²) in [4.78, 5) is 0. The van der Waals surface area contributed by atoms with Gasteiger partial charge in [-0.05, 0) is 111 Å². The maximum atomic E-state index is 13.2. The van der Waals surface area contributed by atoms with Crippen LogP contribution in [0.15, 0.2) is 0 Å². The van der Waals surface area contributed by atoms with E-state index in [0.717, 1.165) is 128 Å². The third-order valence-electron chi connectivity index (χ3n) is 14.6. The van der Waals surface area contributed by atoms with Crippen molar-refractivity contribution in [3.63, 3.8) is 0 Å².